The number of amidine groups is 1. The number of rotatable bonds is 5. The van der Waals surface area contributed by atoms with Crippen LogP contribution in [-0.4, -0.2) is 19.0 Å². The van der Waals surface area contributed by atoms with Gasteiger partial charge in [-0.15, -0.1) is 0 Å². The van der Waals surface area contributed by atoms with E-state index in [1.165, 1.54) is 12.8 Å². The summed E-state index contributed by atoms with van der Waals surface area (Å²) in [4.78, 5) is 0. The molecular formula is C16H24N2O2. The molecule has 1 aliphatic carbocycles. The smallest absolute Gasteiger partial charge is 0.124 e. The first-order valence-electron chi connectivity index (χ1n) is 7.23. The van der Waals surface area contributed by atoms with Gasteiger partial charge in [0, 0.05) is 11.1 Å². The van der Waals surface area contributed by atoms with Gasteiger partial charge in [0.1, 0.15) is 11.6 Å². The van der Waals surface area contributed by atoms with Gasteiger partial charge in [0.05, 0.1) is 19.8 Å². The normalized spacial score (nSPS) is 22.5. The third-order valence-corrected chi connectivity index (χ3v) is 3.95. The van der Waals surface area contributed by atoms with E-state index in [0.29, 0.717) is 18.3 Å². The second-order valence-corrected chi connectivity index (χ2v) is 5.65. The lowest BCUT2D eigenvalue weighted by Gasteiger charge is -2.27. The van der Waals surface area contributed by atoms with Crippen LogP contribution >= 0.6 is 0 Å². The molecule has 0 aromatic heterocycles. The van der Waals surface area contributed by atoms with Crippen LogP contribution in [0.15, 0.2) is 18.2 Å². The van der Waals surface area contributed by atoms with E-state index in [1.807, 2.05) is 12.1 Å². The molecule has 20 heavy (non-hydrogen) atoms. The van der Waals surface area contributed by atoms with Gasteiger partial charge in [0.15, 0.2) is 0 Å². The zero-order valence-corrected chi connectivity index (χ0v) is 12.3. The van der Waals surface area contributed by atoms with E-state index in [0.717, 1.165) is 30.1 Å². The van der Waals surface area contributed by atoms with Gasteiger partial charge in [-0.1, -0.05) is 19.8 Å². The number of nitrogen functional groups attached to an aromatic ring is 1. The minimum atomic E-state index is 0.0696. The topological polar surface area (TPSA) is 68.3 Å². The van der Waals surface area contributed by atoms with Crippen molar-refractivity contribution in [3.8, 4) is 5.75 Å². The summed E-state index contributed by atoms with van der Waals surface area (Å²) in [6.07, 6.45) is 5.16. The maximum atomic E-state index is 7.51. The zero-order valence-electron chi connectivity index (χ0n) is 12.3. The fraction of sp³-hybridized carbons (Fsp3) is 0.562. The Kier molecular flexibility index (Phi) is 5.01. The van der Waals surface area contributed by atoms with Gasteiger partial charge in [-0.2, -0.15) is 0 Å². The minimum absolute atomic E-state index is 0.0696. The van der Waals surface area contributed by atoms with Crippen molar-refractivity contribution in [1.82, 2.24) is 0 Å². The molecule has 2 atom stereocenters. The average Bonchev–Trinajstić information content (AvgIpc) is 2.44. The van der Waals surface area contributed by atoms with E-state index in [4.69, 9.17) is 20.6 Å². The van der Waals surface area contributed by atoms with E-state index in [-0.39, 0.29) is 5.84 Å². The van der Waals surface area contributed by atoms with Crippen molar-refractivity contribution in [2.45, 2.75) is 45.3 Å². The highest BCUT2D eigenvalue weighted by atomic mass is 16.5. The van der Waals surface area contributed by atoms with Crippen molar-refractivity contribution < 1.29 is 9.47 Å². The van der Waals surface area contributed by atoms with Crippen LogP contribution in [0.1, 0.15) is 43.7 Å². The zero-order chi connectivity index (χ0) is 14.5. The molecule has 0 heterocycles. The van der Waals surface area contributed by atoms with Crippen LogP contribution in [0, 0.1) is 11.3 Å². The fourth-order valence-electron chi connectivity index (χ4n) is 2.80. The summed E-state index contributed by atoms with van der Waals surface area (Å²) >= 11 is 0. The average molecular weight is 276 g/mol. The van der Waals surface area contributed by atoms with Crippen LogP contribution < -0.4 is 10.5 Å². The van der Waals surface area contributed by atoms with Crippen molar-refractivity contribution in [2.24, 2.45) is 11.7 Å². The van der Waals surface area contributed by atoms with Crippen LogP contribution in [0.25, 0.3) is 0 Å². The molecule has 0 amide bonds. The van der Waals surface area contributed by atoms with E-state index in [2.05, 4.69) is 6.92 Å². The van der Waals surface area contributed by atoms with Gasteiger partial charge < -0.3 is 15.2 Å². The van der Waals surface area contributed by atoms with Crippen molar-refractivity contribution >= 4 is 5.84 Å². The standard InChI is InChI=1S/C16H24N2O2/c1-11-4-3-5-14(8-11)20-10-13-9-12(16(17)18)6-7-15(13)19-2/h6-7,9,11,14H,3-5,8,10H2,1-2H3,(H3,17,18). The summed E-state index contributed by atoms with van der Waals surface area (Å²) in [6.45, 7) is 2.80. The molecule has 2 unspecified atom stereocenters. The Bertz CT molecular complexity index is 474. The van der Waals surface area contributed by atoms with Crippen molar-refractivity contribution in [2.75, 3.05) is 7.11 Å². The van der Waals surface area contributed by atoms with E-state index >= 15 is 0 Å². The summed E-state index contributed by atoms with van der Waals surface area (Å²) in [6, 6.07) is 5.53. The number of methoxy groups -OCH3 is 1. The number of hydrogen-bond donors (Lipinski definition) is 2. The monoisotopic (exact) mass is 276 g/mol. The number of nitrogens with one attached hydrogen (secondary N) is 1. The molecule has 4 nitrogen and oxygen atoms in total. The van der Waals surface area contributed by atoms with Gasteiger partial charge >= 0.3 is 0 Å². The first-order chi connectivity index (χ1) is 9.60. The van der Waals surface area contributed by atoms with E-state index in [1.54, 1.807) is 13.2 Å². The third kappa shape index (κ3) is 3.73. The highest BCUT2D eigenvalue weighted by molar-refractivity contribution is 5.95. The Hall–Kier alpha value is -1.55. The molecule has 0 aliphatic heterocycles. The number of ether oxygens (including phenoxy) is 2. The Balaban J connectivity index is 2.03. The molecule has 4 heteroatoms. The Morgan fingerprint density at radius 2 is 2.20 bits per heavy atom. The molecule has 1 fully saturated rings. The van der Waals surface area contributed by atoms with Crippen LogP contribution in [0.2, 0.25) is 0 Å². The maximum Gasteiger partial charge on any atom is 0.124 e. The van der Waals surface area contributed by atoms with E-state index < -0.39 is 0 Å². The van der Waals surface area contributed by atoms with Crippen molar-refractivity contribution in [1.29, 1.82) is 5.41 Å². The van der Waals surface area contributed by atoms with Crippen LogP contribution in [0.5, 0.6) is 5.75 Å². The molecule has 3 N–H and O–H groups in total. The lowest BCUT2D eigenvalue weighted by atomic mass is 9.89. The van der Waals surface area contributed by atoms with Gasteiger partial charge in [-0.3, -0.25) is 5.41 Å². The highest BCUT2D eigenvalue weighted by Gasteiger charge is 2.19. The molecule has 1 aromatic rings. The Labute approximate surface area is 120 Å². The summed E-state index contributed by atoms with van der Waals surface area (Å²) < 4.78 is 11.4. The second-order valence-electron chi connectivity index (χ2n) is 5.65. The lowest BCUT2D eigenvalue weighted by Crippen LogP contribution is -2.21. The molecular weight excluding hydrogens is 252 g/mol. The largest absolute Gasteiger partial charge is 0.496 e. The lowest BCUT2D eigenvalue weighted by molar-refractivity contribution is 0.00395. The third-order valence-electron chi connectivity index (χ3n) is 3.95. The molecule has 2 rings (SSSR count). The summed E-state index contributed by atoms with van der Waals surface area (Å²) in [5, 5.41) is 7.51. The highest BCUT2D eigenvalue weighted by Crippen LogP contribution is 2.28. The van der Waals surface area contributed by atoms with Crippen molar-refractivity contribution in [3.05, 3.63) is 29.3 Å². The molecule has 0 bridgehead atoms. The van der Waals surface area contributed by atoms with Crippen LogP contribution in [0.4, 0.5) is 0 Å². The number of hydrogen-bond acceptors (Lipinski definition) is 3. The summed E-state index contributed by atoms with van der Waals surface area (Å²) in [5.74, 6) is 1.61. The predicted octanol–water partition coefficient (Wildman–Crippen LogP) is 3.07. The summed E-state index contributed by atoms with van der Waals surface area (Å²) in [7, 11) is 1.65. The maximum absolute atomic E-state index is 7.51. The molecule has 1 aliphatic rings. The number of benzene rings is 1. The van der Waals surface area contributed by atoms with Gasteiger partial charge in [-0.25, -0.2) is 0 Å². The van der Waals surface area contributed by atoms with Gasteiger partial charge in [0.2, 0.25) is 0 Å². The van der Waals surface area contributed by atoms with Gasteiger partial charge in [0.25, 0.3) is 0 Å². The first-order valence-corrected chi connectivity index (χ1v) is 7.23. The molecule has 0 spiro atoms. The minimum Gasteiger partial charge on any atom is -0.496 e. The van der Waals surface area contributed by atoms with E-state index in [9.17, 15) is 0 Å². The Morgan fingerprint density at radius 3 is 2.85 bits per heavy atom. The SMILES string of the molecule is COc1ccc(C(=N)N)cc1COC1CCCC(C)C1. The molecule has 110 valence electrons. The van der Waals surface area contributed by atoms with Crippen LogP contribution in [-0.2, 0) is 11.3 Å². The second kappa shape index (κ2) is 6.75. The first kappa shape index (κ1) is 14.9. The molecule has 1 saturated carbocycles. The predicted molar refractivity (Wildman–Crippen MR) is 80.2 cm³/mol. The quantitative estimate of drug-likeness (QED) is 0.641. The fourth-order valence-corrected chi connectivity index (χ4v) is 2.80. The van der Waals surface area contributed by atoms with Crippen LogP contribution in [0.3, 0.4) is 0 Å². The molecule has 0 saturated heterocycles. The molecule has 0 radical (unpaired) electrons. The molecule has 1 aromatic carbocycles. The van der Waals surface area contributed by atoms with Crippen molar-refractivity contribution in [3.63, 3.8) is 0 Å². The Morgan fingerprint density at radius 1 is 1.40 bits per heavy atom. The van der Waals surface area contributed by atoms with Gasteiger partial charge in [-0.05, 0) is 37.0 Å². The summed E-state index contributed by atoms with van der Waals surface area (Å²) in [5.41, 5.74) is 7.20. The number of nitrogens with two attached hydrogens (primary N) is 1.